The van der Waals surface area contributed by atoms with Crippen molar-refractivity contribution in [2.24, 2.45) is 0 Å². The van der Waals surface area contributed by atoms with Crippen LogP contribution in [0.3, 0.4) is 0 Å². The van der Waals surface area contributed by atoms with Gasteiger partial charge >= 0.3 is 6.18 Å². The molecule has 3 aromatic rings. The van der Waals surface area contributed by atoms with Crippen LogP contribution in [0.25, 0.3) is 10.2 Å². The Morgan fingerprint density at radius 2 is 1.81 bits per heavy atom. The topological polar surface area (TPSA) is 59.1 Å². The molecule has 4 nitrogen and oxygen atoms in total. The molecule has 0 bridgehead atoms. The summed E-state index contributed by atoms with van der Waals surface area (Å²) in [6, 6.07) is 8.76. The molecule has 0 fully saturated rings. The fourth-order valence-corrected chi connectivity index (χ4v) is 3.63. The summed E-state index contributed by atoms with van der Waals surface area (Å²) in [4.78, 5) is 28.3. The number of nitrogens with zero attached hydrogens (tertiary/aromatic N) is 1. The summed E-state index contributed by atoms with van der Waals surface area (Å²) >= 11 is 0.888. The van der Waals surface area contributed by atoms with Gasteiger partial charge in [0, 0.05) is 10.9 Å². The molecular formula is C18H13F3N2O2S. The van der Waals surface area contributed by atoms with E-state index in [4.69, 9.17) is 0 Å². The van der Waals surface area contributed by atoms with Crippen LogP contribution in [0, 0.1) is 6.92 Å². The van der Waals surface area contributed by atoms with Crippen LogP contribution in [0.15, 0.2) is 36.4 Å². The van der Waals surface area contributed by atoms with Gasteiger partial charge in [-0.2, -0.15) is 13.2 Å². The van der Waals surface area contributed by atoms with Crippen molar-refractivity contribution in [3.8, 4) is 0 Å². The number of aromatic nitrogens is 1. The first-order valence-corrected chi connectivity index (χ1v) is 8.39. The van der Waals surface area contributed by atoms with Crippen LogP contribution in [0.4, 0.5) is 18.9 Å². The number of hydrogen-bond donors (Lipinski definition) is 1. The molecule has 134 valence electrons. The van der Waals surface area contributed by atoms with Crippen LogP contribution in [0.2, 0.25) is 0 Å². The third kappa shape index (κ3) is 3.32. The number of carbonyl (C=O) groups is 2. The Morgan fingerprint density at radius 1 is 1.12 bits per heavy atom. The lowest BCUT2D eigenvalue weighted by molar-refractivity contribution is -0.140. The Morgan fingerprint density at radius 3 is 2.46 bits per heavy atom. The van der Waals surface area contributed by atoms with Gasteiger partial charge in [-0.3, -0.25) is 9.59 Å². The molecule has 26 heavy (non-hydrogen) atoms. The van der Waals surface area contributed by atoms with E-state index in [1.165, 1.54) is 13.0 Å². The minimum Gasteiger partial charge on any atom is -0.321 e. The fraction of sp³-hybridized carbons (Fsp3) is 0.167. The number of nitrogens with one attached hydrogen (secondary N) is 1. The maximum Gasteiger partial charge on any atom is 0.433 e. The standard InChI is InChI=1S/C18H13F3N2O2S/c1-9-11-7-8-14(18(19,20)21)23-17(11)26-15(9)16(25)22-13-6-4-3-5-12(13)10(2)24/h3-8H,1-2H3,(H,22,25). The molecule has 0 spiro atoms. The second kappa shape index (κ2) is 6.53. The molecule has 2 heterocycles. The van der Waals surface area contributed by atoms with E-state index < -0.39 is 17.8 Å². The first-order chi connectivity index (χ1) is 12.2. The van der Waals surface area contributed by atoms with E-state index >= 15 is 0 Å². The maximum atomic E-state index is 12.8. The van der Waals surface area contributed by atoms with Crippen LogP contribution >= 0.6 is 11.3 Å². The summed E-state index contributed by atoms with van der Waals surface area (Å²) < 4.78 is 38.5. The minimum absolute atomic E-state index is 0.141. The monoisotopic (exact) mass is 378 g/mol. The third-order valence-electron chi connectivity index (χ3n) is 3.85. The largest absolute Gasteiger partial charge is 0.433 e. The van der Waals surface area contributed by atoms with Crippen LogP contribution < -0.4 is 5.32 Å². The number of rotatable bonds is 3. The number of thiophene rings is 1. The van der Waals surface area contributed by atoms with Crippen molar-refractivity contribution < 1.29 is 22.8 Å². The molecule has 1 amide bonds. The zero-order valence-electron chi connectivity index (χ0n) is 13.8. The fourth-order valence-electron chi connectivity index (χ4n) is 2.55. The molecule has 0 atom stereocenters. The normalized spacial score (nSPS) is 11.6. The highest BCUT2D eigenvalue weighted by molar-refractivity contribution is 7.20. The van der Waals surface area contributed by atoms with Gasteiger partial charge in [0.2, 0.25) is 0 Å². The van der Waals surface area contributed by atoms with Gasteiger partial charge in [0.25, 0.3) is 5.91 Å². The average molecular weight is 378 g/mol. The SMILES string of the molecule is CC(=O)c1ccccc1NC(=O)c1sc2nc(C(F)(F)F)ccc2c1C. The molecule has 0 aliphatic rings. The molecule has 3 rings (SSSR count). The van der Waals surface area contributed by atoms with Gasteiger partial charge in [0.15, 0.2) is 5.78 Å². The summed E-state index contributed by atoms with van der Waals surface area (Å²) in [5.74, 6) is -0.696. The molecule has 8 heteroatoms. The Bertz CT molecular complexity index is 1020. The summed E-state index contributed by atoms with van der Waals surface area (Å²) in [5.41, 5.74) is 0.257. The molecule has 0 aliphatic heterocycles. The van der Waals surface area contributed by atoms with Crippen LogP contribution in [-0.2, 0) is 6.18 Å². The number of aryl methyl sites for hydroxylation is 1. The predicted octanol–water partition coefficient (Wildman–Crippen LogP) is 5.08. The number of carbonyl (C=O) groups excluding carboxylic acids is 2. The number of benzene rings is 1. The highest BCUT2D eigenvalue weighted by Gasteiger charge is 2.33. The highest BCUT2D eigenvalue weighted by atomic mass is 32.1. The van der Waals surface area contributed by atoms with Crippen molar-refractivity contribution >= 4 is 38.9 Å². The lowest BCUT2D eigenvalue weighted by atomic mass is 10.1. The van der Waals surface area contributed by atoms with Gasteiger partial charge in [-0.15, -0.1) is 11.3 Å². The first-order valence-electron chi connectivity index (χ1n) is 7.57. The zero-order valence-corrected chi connectivity index (χ0v) is 14.6. The van der Waals surface area contributed by atoms with Crippen molar-refractivity contribution in [2.75, 3.05) is 5.32 Å². The Balaban J connectivity index is 1.99. The summed E-state index contributed by atoms with van der Waals surface area (Å²) in [5, 5.41) is 3.15. The molecule has 0 unspecified atom stereocenters. The van der Waals surface area contributed by atoms with Crippen molar-refractivity contribution in [1.82, 2.24) is 4.98 Å². The van der Waals surface area contributed by atoms with E-state index in [0.29, 0.717) is 22.2 Å². The number of amides is 1. The number of Topliss-reactive ketones (excluding diaryl/α,β-unsaturated/α-hetero) is 1. The average Bonchev–Trinajstić information content (AvgIpc) is 2.91. The number of halogens is 3. The molecule has 0 saturated carbocycles. The van der Waals surface area contributed by atoms with E-state index in [2.05, 4.69) is 10.3 Å². The number of anilines is 1. The molecule has 0 saturated heterocycles. The molecule has 1 aromatic carbocycles. The number of alkyl halides is 3. The number of ketones is 1. The van der Waals surface area contributed by atoms with Crippen molar-refractivity contribution in [3.63, 3.8) is 0 Å². The van der Waals surface area contributed by atoms with Gasteiger partial charge in [-0.1, -0.05) is 12.1 Å². The summed E-state index contributed by atoms with van der Waals surface area (Å²) in [6.07, 6.45) is -4.55. The van der Waals surface area contributed by atoms with Gasteiger partial charge < -0.3 is 5.32 Å². The molecule has 0 aliphatic carbocycles. The van der Waals surface area contributed by atoms with E-state index in [-0.39, 0.29) is 15.5 Å². The second-order valence-electron chi connectivity index (χ2n) is 5.66. The quantitative estimate of drug-likeness (QED) is 0.647. The van der Waals surface area contributed by atoms with Gasteiger partial charge in [0.05, 0.1) is 10.6 Å². The lowest BCUT2D eigenvalue weighted by Gasteiger charge is -2.08. The second-order valence-corrected chi connectivity index (χ2v) is 6.66. The van der Waals surface area contributed by atoms with E-state index in [1.807, 2.05) is 0 Å². The molecular weight excluding hydrogens is 365 g/mol. The van der Waals surface area contributed by atoms with Gasteiger partial charge in [-0.05, 0) is 43.7 Å². The summed E-state index contributed by atoms with van der Waals surface area (Å²) in [6.45, 7) is 3.04. The Hall–Kier alpha value is -2.74. The first kappa shape index (κ1) is 18.1. The lowest BCUT2D eigenvalue weighted by Crippen LogP contribution is -2.13. The Kier molecular flexibility index (Phi) is 4.53. The van der Waals surface area contributed by atoms with E-state index in [1.54, 1.807) is 31.2 Å². The Labute approximate surface area is 150 Å². The summed E-state index contributed by atoms with van der Waals surface area (Å²) in [7, 11) is 0. The van der Waals surface area contributed by atoms with Crippen LogP contribution in [0.1, 0.15) is 38.2 Å². The van der Waals surface area contributed by atoms with E-state index in [9.17, 15) is 22.8 Å². The maximum absolute atomic E-state index is 12.8. The predicted molar refractivity (Wildman–Crippen MR) is 93.8 cm³/mol. The number of para-hydroxylation sites is 1. The third-order valence-corrected chi connectivity index (χ3v) is 5.06. The molecule has 0 radical (unpaired) electrons. The highest BCUT2D eigenvalue weighted by Crippen LogP contribution is 2.34. The van der Waals surface area contributed by atoms with Crippen LogP contribution in [-0.4, -0.2) is 16.7 Å². The molecule has 1 N–H and O–H groups in total. The minimum atomic E-state index is -4.55. The molecule has 2 aromatic heterocycles. The van der Waals surface area contributed by atoms with E-state index in [0.717, 1.165) is 17.4 Å². The number of fused-ring (bicyclic) bond motifs is 1. The smallest absolute Gasteiger partial charge is 0.321 e. The van der Waals surface area contributed by atoms with Crippen molar-refractivity contribution in [3.05, 3.63) is 58.1 Å². The number of pyridine rings is 1. The van der Waals surface area contributed by atoms with Crippen LogP contribution in [0.5, 0.6) is 0 Å². The van der Waals surface area contributed by atoms with Gasteiger partial charge in [0.1, 0.15) is 10.5 Å². The number of hydrogen-bond acceptors (Lipinski definition) is 4. The van der Waals surface area contributed by atoms with Crippen molar-refractivity contribution in [2.45, 2.75) is 20.0 Å². The zero-order chi connectivity index (χ0) is 19.1. The van der Waals surface area contributed by atoms with Crippen molar-refractivity contribution in [1.29, 1.82) is 0 Å². The van der Waals surface area contributed by atoms with Gasteiger partial charge in [-0.25, -0.2) is 4.98 Å².